The molecule has 0 atom stereocenters. The van der Waals surface area contributed by atoms with Gasteiger partial charge in [-0.05, 0) is 53.6 Å². The summed E-state index contributed by atoms with van der Waals surface area (Å²) in [7, 11) is 1.59. The molecule has 1 heterocycles. The second-order valence-corrected chi connectivity index (χ2v) is 6.33. The third-order valence-corrected chi connectivity index (χ3v) is 4.43. The lowest BCUT2D eigenvalue weighted by Gasteiger charge is -2.09. The van der Waals surface area contributed by atoms with Gasteiger partial charge >= 0.3 is 0 Å². The molecule has 142 valence electrons. The lowest BCUT2D eigenvalue weighted by Crippen LogP contribution is -2.30. The largest absolute Gasteiger partial charge is 0.497 e. The van der Waals surface area contributed by atoms with Crippen LogP contribution in [0.5, 0.6) is 5.75 Å². The van der Waals surface area contributed by atoms with Crippen LogP contribution in [0.25, 0.3) is 0 Å². The predicted octanol–water partition coefficient (Wildman–Crippen LogP) is 3.32. The van der Waals surface area contributed by atoms with Gasteiger partial charge in [-0.1, -0.05) is 29.8 Å². The summed E-state index contributed by atoms with van der Waals surface area (Å²) in [5.74, 6) is 0.146. The molecule has 2 aromatic carbocycles. The Labute approximate surface area is 167 Å². The SMILES string of the molecule is COc1ccc(/C=N\NC(=O)c2cccn(Cc3ccccc3Cl)c2=O)cc1. The highest BCUT2D eigenvalue weighted by molar-refractivity contribution is 6.31. The summed E-state index contributed by atoms with van der Waals surface area (Å²) in [6, 6.07) is 17.5. The van der Waals surface area contributed by atoms with E-state index >= 15 is 0 Å². The molecule has 1 amide bonds. The maximum atomic E-state index is 12.6. The van der Waals surface area contributed by atoms with Crippen molar-refractivity contribution in [1.82, 2.24) is 9.99 Å². The van der Waals surface area contributed by atoms with E-state index < -0.39 is 11.5 Å². The molecule has 1 aromatic heterocycles. The minimum Gasteiger partial charge on any atom is -0.497 e. The van der Waals surface area contributed by atoms with Crippen molar-refractivity contribution in [1.29, 1.82) is 0 Å². The van der Waals surface area contributed by atoms with Crippen LogP contribution in [-0.4, -0.2) is 23.8 Å². The Morgan fingerprint density at radius 3 is 2.61 bits per heavy atom. The molecule has 1 N–H and O–H groups in total. The quantitative estimate of drug-likeness (QED) is 0.514. The number of carbonyl (C=O) groups excluding carboxylic acids is 1. The average Bonchev–Trinajstić information content (AvgIpc) is 2.71. The summed E-state index contributed by atoms with van der Waals surface area (Å²) in [6.45, 7) is 0.273. The van der Waals surface area contributed by atoms with Gasteiger partial charge in [-0.3, -0.25) is 9.59 Å². The van der Waals surface area contributed by atoms with Crippen LogP contribution in [0.2, 0.25) is 5.02 Å². The van der Waals surface area contributed by atoms with Crippen molar-refractivity contribution in [3.8, 4) is 5.75 Å². The number of rotatable bonds is 6. The van der Waals surface area contributed by atoms with Gasteiger partial charge in [0.25, 0.3) is 11.5 Å². The molecule has 7 heteroatoms. The van der Waals surface area contributed by atoms with Gasteiger partial charge in [-0.15, -0.1) is 0 Å². The summed E-state index contributed by atoms with van der Waals surface area (Å²) in [4.78, 5) is 25.0. The summed E-state index contributed by atoms with van der Waals surface area (Å²) in [6.07, 6.45) is 3.10. The van der Waals surface area contributed by atoms with Gasteiger partial charge in [0.2, 0.25) is 0 Å². The first-order valence-electron chi connectivity index (χ1n) is 8.49. The zero-order valence-electron chi connectivity index (χ0n) is 15.1. The summed E-state index contributed by atoms with van der Waals surface area (Å²) >= 11 is 6.15. The molecule has 0 fully saturated rings. The molecule has 28 heavy (non-hydrogen) atoms. The van der Waals surface area contributed by atoms with E-state index in [1.54, 1.807) is 49.7 Å². The van der Waals surface area contributed by atoms with Crippen molar-refractivity contribution in [3.63, 3.8) is 0 Å². The second-order valence-electron chi connectivity index (χ2n) is 5.92. The fourth-order valence-electron chi connectivity index (χ4n) is 2.56. The number of methoxy groups -OCH3 is 1. The van der Waals surface area contributed by atoms with E-state index in [1.165, 1.54) is 16.8 Å². The lowest BCUT2D eigenvalue weighted by atomic mass is 10.2. The Hall–Kier alpha value is -3.38. The van der Waals surface area contributed by atoms with Gasteiger partial charge in [0.15, 0.2) is 0 Å². The van der Waals surface area contributed by atoms with Crippen molar-refractivity contribution in [3.05, 3.63) is 98.9 Å². The molecule has 3 aromatic rings. The standard InChI is InChI=1S/C21H18ClN3O3/c1-28-17-10-8-15(9-11-17)13-23-24-20(26)18-6-4-12-25(21(18)27)14-16-5-2-3-7-19(16)22/h2-13H,14H2,1H3,(H,24,26)/b23-13-. The van der Waals surface area contributed by atoms with Crippen molar-refractivity contribution in [2.24, 2.45) is 5.10 Å². The van der Waals surface area contributed by atoms with Crippen LogP contribution < -0.4 is 15.7 Å². The van der Waals surface area contributed by atoms with Crippen LogP contribution in [0.1, 0.15) is 21.5 Å². The van der Waals surface area contributed by atoms with Gasteiger partial charge in [0.1, 0.15) is 11.3 Å². The molecule has 0 aliphatic rings. The minimum atomic E-state index is -0.580. The Balaban J connectivity index is 1.72. The van der Waals surface area contributed by atoms with Crippen molar-refractivity contribution >= 4 is 23.7 Å². The van der Waals surface area contributed by atoms with Crippen LogP contribution in [-0.2, 0) is 6.54 Å². The molecule has 6 nitrogen and oxygen atoms in total. The molecule has 0 saturated heterocycles. The monoisotopic (exact) mass is 395 g/mol. The first-order chi connectivity index (χ1) is 13.6. The van der Waals surface area contributed by atoms with Crippen LogP contribution in [0.4, 0.5) is 0 Å². The third-order valence-electron chi connectivity index (χ3n) is 4.06. The molecule has 0 bridgehead atoms. The predicted molar refractivity (Wildman–Crippen MR) is 109 cm³/mol. The number of hydrazone groups is 1. The Bertz CT molecular complexity index is 1060. The van der Waals surface area contributed by atoms with Crippen LogP contribution in [0.15, 0.2) is 76.8 Å². The Morgan fingerprint density at radius 1 is 1.14 bits per heavy atom. The van der Waals surface area contributed by atoms with E-state index in [-0.39, 0.29) is 12.1 Å². The number of nitrogens with one attached hydrogen (secondary N) is 1. The number of benzene rings is 2. The first-order valence-corrected chi connectivity index (χ1v) is 8.86. The Morgan fingerprint density at radius 2 is 1.89 bits per heavy atom. The number of halogens is 1. The van der Waals surface area contributed by atoms with Gasteiger partial charge < -0.3 is 9.30 Å². The minimum absolute atomic E-state index is 0.00133. The molecule has 0 unspecified atom stereocenters. The van der Waals surface area contributed by atoms with Crippen LogP contribution in [0, 0.1) is 0 Å². The highest BCUT2D eigenvalue weighted by atomic mass is 35.5. The van der Waals surface area contributed by atoms with E-state index in [9.17, 15) is 9.59 Å². The molecule has 0 saturated carbocycles. The van der Waals surface area contributed by atoms with Crippen molar-refractivity contribution in [2.75, 3.05) is 7.11 Å². The number of ether oxygens (including phenoxy) is 1. The number of aromatic nitrogens is 1. The molecule has 3 rings (SSSR count). The van der Waals surface area contributed by atoms with Crippen LogP contribution in [0.3, 0.4) is 0 Å². The van der Waals surface area contributed by atoms with Crippen LogP contribution >= 0.6 is 11.6 Å². The van der Waals surface area contributed by atoms with E-state index in [1.807, 2.05) is 18.2 Å². The fraction of sp³-hybridized carbons (Fsp3) is 0.0952. The zero-order chi connectivity index (χ0) is 19.9. The van der Waals surface area contributed by atoms with Gasteiger partial charge in [-0.25, -0.2) is 5.43 Å². The number of carbonyl (C=O) groups is 1. The third kappa shape index (κ3) is 4.66. The number of hydrogen-bond acceptors (Lipinski definition) is 4. The molecule has 0 aliphatic carbocycles. The maximum absolute atomic E-state index is 12.6. The van der Waals surface area contributed by atoms with Gasteiger partial charge in [0, 0.05) is 11.2 Å². The smallest absolute Gasteiger partial charge is 0.276 e. The maximum Gasteiger partial charge on any atom is 0.276 e. The number of nitrogens with zero attached hydrogens (tertiary/aromatic N) is 2. The number of hydrogen-bond donors (Lipinski definition) is 1. The molecular weight excluding hydrogens is 378 g/mol. The Kier molecular flexibility index (Phi) is 6.24. The van der Waals surface area contributed by atoms with Gasteiger partial charge in [0.05, 0.1) is 19.9 Å². The normalized spacial score (nSPS) is 10.8. The number of amides is 1. The summed E-state index contributed by atoms with van der Waals surface area (Å²) < 4.78 is 6.52. The highest BCUT2D eigenvalue weighted by Gasteiger charge is 2.12. The van der Waals surface area contributed by atoms with E-state index in [4.69, 9.17) is 16.3 Å². The fourth-order valence-corrected chi connectivity index (χ4v) is 2.76. The average molecular weight is 396 g/mol. The first kappa shape index (κ1) is 19.4. The molecule has 0 spiro atoms. The van der Waals surface area contributed by atoms with E-state index in [0.717, 1.165) is 16.9 Å². The molecule has 0 radical (unpaired) electrons. The van der Waals surface area contributed by atoms with E-state index in [2.05, 4.69) is 10.5 Å². The second kappa shape index (κ2) is 9.01. The van der Waals surface area contributed by atoms with Crippen molar-refractivity contribution in [2.45, 2.75) is 6.54 Å². The zero-order valence-corrected chi connectivity index (χ0v) is 15.9. The van der Waals surface area contributed by atoms with Gasteiger partial charge in [-0.2, -0.15) is 5.10 Å². The highest BCUT2D eigenvalue weighted by Crippen LogP contribution is 2.15. The summed E-state index contributed by atoms with van der Waals surface area (Å²) in [5, 5.41) is 4.47. The summed E-state index contributed by atoms with van der Waals surface area (Å²) in [5.41, 5.74) is 3.54. The van der Waals surface area contributed by atoms with Crippen molar-refractivity contribution < 1.29 is 9.53 Å². The molecule has 0 aliphatic heterocycles. The number of pyridine rings is 1. The molecular formula is C21H18ClN3O3. The topological polar surface area (TPSA) is 72.7 Å². The lowest BCUT2D eigenvalue weighted by molar-refractivity contribution is 0.0953. The van der Waals surface area contributed by atoms with E-state index in [0.29, 0.717) is 5.02 Å².